The Bertz CT molecular complexity index is 379. The number of amides is 1. The maximum absolute atomic E-state index is 11.7. The lowest BCUT2D eigenvalue weighted by molar-refractivity contribution is -0.121. The number of alkyl halides is 1. The SMILES string of the molecule is Cc1ccccc1CC(C)NC(=O)CCCCBr. The summed E-state index contributed by atoms with van der Waals surface area (Å²) in [6, 6.07) is 8.53. The topological polar surface area (TPSA) is 29.1 Å². The lowest BCUT2D eigenvalue weighted by Gasteiger charge is -2.15. The average Bonchev–Trinajstić information content (AvgIpc) is 2.32. The highest BCUT2D eigenvalue weighted by Crippen LogP contribution is 2.09. The molecule has 0 heterocycles. The number of hydrogen-bond donors (Lipinski definition) is 1. The smallest absolute Gasteiger partial charge is 0.220 e. The summed E-state index contributed by atoms with van der Waals surface area (Å²) in [7, 11) is 0. The predicted octanol–water partition coefficient (Wildman–Crippen LogP) is 3.61. The summed E-state index contributed by atoms with van der Waals surface area (Å²) >= 11 is 3.37. The summed E-state index contributed by atoms with van der Waals surface area (Å²) in [5, 5.41) is 4.03. The fourth-order valence-corrected chi connectivity index (χ4v) is 2.34. The van der Waals surface area contributed by atoms with Crippen LogP contribution in [0.1, 0.15) is 37.3 Å². The Morgan fingerprint density at radius 1 is 1.33 bits per heavy atom. The van der Waals surface area contributed by atoms with Gasteiger partial charge in [0, 0.05) is 17.8 Å². The molecule has 0 aliphatic heterocycles. The van der Waals surface area contributed by atoms with Crippen molar-refractivity contribution in [2.45, 2.75) is 45.6 Å². The van der Waals surface area contributed by atoms with Crippen LogP contribution in [0.25, 0.3) is 0 Å². The molecule has 3 heteroatoms. The number of carbonyl (C=O) groups excluding carboxylic acids is 1. The zero-order chi connectivity index (χ0) is 13.4. The van der Waals surface area contributed by atoms with Crippen LogP contribution in [0.4, 0.5) is 0 Å². The van der Waals surface area contributed by atoms with Crippen LogP contribution >= 0.6 is 15.9 Å². The molecule has 0 bridgehead atoms. The molecule has 1 amide bonds. The van der Waals surface area contributed by atoms with Gasteiger partial charge < -0.3 is 5.32 Å². The Morgan fingerprint density at radius 3 is 2.72 bits per heavy atom. The van der Waals surface area contributed by atoms with E-state index < -0.39 is 0 Å². The average molecular weight is 312 g/mol. The van der Waals surface area contributed by atoms with Crippen LogP contribution in [0.15, 0.2) is 24.3 Å². The van der Waals surface area contributed by atoms with Crippen LogP contribution in [-0.2, 0) is 11.2 Å². The van der Waals surface area contributed by atoms with Crippen LogP contribution < -0.4 is 5.32 Å². The van der Waals surface area contributed by atoms with Crippen molar-refractivity contribution in [3.8, 4) is 0 Å². The molecule has 0 aromatic heterocycles. The quantitative estimate of drug-likeness (QED) is 0.605. The van der Waals surface area contributed by atoms with E-state index in [2.05, 4.69) is 47.2 Å². The monoisotopic (exact) mass is 311 g/mol. The lowest BCUT2D eigenvalue weighted by atomic mass is 10.0. The van der Waals surface area contributed by atoms with Crippen molar-refractivity contribution in [2.24, 2.45) is 0 Å². The fraction of sp³-hybridized carbons (Fsp3) is 0.533. The van der Waals surface area contributed by atoms with E-state index in [-0.39, 0.29) is 11.9 Å². The van der Waals surface area contributed by atoms with Gasteiger partial charge >= 0.3 is 0 Å². The fourth-order valence-electron chi connectivity index (χ4n) is 1.95. The predicted molar refractivity (Wildman–Crippen MR) is 80.1 cm³/mol. The molecule has 0 radical (unpaired) electrons. The number of unbranched alkanes of at least 4 members (excludes halogenated alkanes) is 1. The van der Waals surface area contributed by atoms with Crippen molar-refractivity contribution in [3.05, 3.63) is 35.4 Å². The van der Waals surface area contributed by atoms with Crippen molar-refractivity contribution in [1.29, 1.82) is 0 Å². The second-order valence-electron chi connectivity index (χ2n) is 4.75. The summed E-state index contributed by atoms with van der Waals surface area (Å²) in [4.78, 5) is 11.7. The number of rotatable bonds is 7. The van der Waals surface area contributed by atoms with Gasteiger partial charge in [-0.1, -0.05) is 40.2 Å². The minimum absolute atomic E-state index is 0.164. The first kappa shape index (κ1) is 15.2. The van der Waals surface area contributed by atoms with Gasteiger partial charge in [-0.05, 0) is 44.2 Å². The number of nitrogens with one attached hydrogen (secondary N) is 1. The molecule has 1 rings (SSSR count). The first-order chi connectivity index (χ1) is 8.63. The van der Waals surface area contributed by atoms with Crippen LogP contribution in [0.3, 0.4) is 0 Å². The van der Waals surface area contributed by atoms with Gasteiger partial charge in [-0.2, -0.15) is 0 Å². The van der Waals surface area contributed by atoms with Crippen molar-refractivity contribution in [2.75, 3.05) is 5.33 Å². The molecule has 0 aliphatic carbocycles. The van der Waals surface area contributed by atoms with E-state index in [9.17, 15) is 4.79 Å². The molecule has 2 nitrogen and oxygen atoms in total. The number of halogens is 1. The molecule has 0 saturated heterocycles. The van der Waals surface area contributed by atoms with E-state index in [1.165, 1.54) is 11.1 Å². The van der Waals surface area contributed by atoms with Gasteiger partial charge in [0.25, 0.3) is 0 Å². The molecule has 0 fully saturated rings. The molecule has 1 N–H and O–H groups in total. The highest BCUT2D eigenvalue weighted by atomic mass is 79.9. The Morgan fingerprint density at radius 2 is 2.06 bits per heavy atom. The maximum atomic E-state index is 11.7. The number of hydrogen-bond acceptors (Lipinski definition) is 1. The van der Waals surface area contributed by atoms with E-state index in [1.807, 2.05) is 12.1 Å². The highest BCUT2D eigenvalue weighted by molar-refractivity contribution is 9.09. The van der Waals surface area contributed by atoms with E-state index >= 15 is 0 Å². The van der Waals surface area contributed by atoms with Gasteiger partial charge in [0.05, 0.1) is 0 Å². The standard InChI is InChI=1S/C15H22BrNO/c1-12-7-3-4-8-14(12)11-13(2)17-15(18)9-5-6-10-16/h3-4,7-8,13H,5-6,9-11H2,1-2H3,(H,17,18). The van der Waals surface area contributed by atoms with E-state index in [4.69, 9.17) is 0 Å². The zero-order valence-corrected chi connectivity index (χ0v) is 12.8. The second kappa shape index (κ2) is 8.30. The summed E-state index contributed by atoms with van der Waals surface area (Å²) in [6.45, 7) is 4.18. The number of aryl methyl sites for hydroxylation is 1. The first-order valence-corrected chi connectivity index (χ1v) is 7.65. The summed E-state index contributed by atoms with van der Waals surface area (Å²) in [5.74, 6) is 0.164. The molecule has 18 heavy (non-hydrogen) atoms. The molecule has 0 spiro atoms. The van der Waals surface area contributed by atoms with Crippen LogP contribution in [-0.4, -0.2) is 17.3 Å². The second-order valence-corrected chi connectivity index (χ2v) is 5.54. The number of benzene rings is 1. The van der Waals surface area contributed by atoms with Gasteiger partial charge in [0.2, 0.25) is 5.91 Å². The third-order valence-electron chi connectivity index (χ3n) is 2.98. The van der Waals surface area contributed by atoms with Crippen LogP contribution in [0.2, 0.25) is 0 Å². The number of carbonyl (C=O) groups is 1. The summed E-state index contributed by atoms with van der Waals surface area (Å²) in [6.07, 6.45) is 3.54. The van der Waals surface area contributed by atoms with E-state index in [0.29, 0.717) is 6.42 Å². The summed E-state index contributed by atoms with van der Waals surface area (Å²) in [5.41, 5.74) is 2.60. The van der Waals surface area contributed by atoms with Gasteiger partial charge in [0.15, 0.2) is 0 Å². The summed E-state index contributed by atoms with van der Waals surface area (Å²) < 4.78 is 0. The van der Waals surface area contributed by atoms with Gasteiger partial charge in [-0.3, -0.25) is 4.79 Å². The molecule has 0 saturated carbocycles. The molecule has 1 aromatic rings. The third-order valence-corrected chi connectivity index (χ3v) is 3.54. The molecular formula is C15H22BrNO. The Hall–Kier alpha value is -0.830. The molecule has 1 unspecified atom stereocenters. The Kier molecular flexibility index (Phi) is 7.02. The minimum Gasteiger partial charge on any atom is -0.353 e. The first-order valence-electron chi connectivity index (χ1n) is 6.53. The van der Waals surface area contributed by atoms with E-state index in [1.54, 1.807) is 0 Å². The van der Waals surface area contributed by atoms with Crippen molar-refractivity contribution >= 4 is 21.8 Å². The highest BCUT2D eigenvalue weighted by Gasteiger charge is 2.08. The minimum atomic E-state index is 0.164. The van der Waals surface area contributed by atoms with Crippen molar-refractivity contribution in [3.63, 3.8) is 0 Å². The van der Waals surface area contributed by atoms with Crippen molar-refractivity contribution < 1.29 is 4.79 Å². The van der Waals surface area contributed by atoms with Crippen LogP contribution in [0, 0.1) is 6.92 Å². The van der Waals surface area contributed by atoms with Gasteiger partial charge in [0.1, 0.15) is 0 Å². The molecule has 100 valence electrons. The lowest BCUT2D eigenvalue weighted by Crippen LogP contribution is -2.34. The Labute approximate surface area is 118 Å². The van der Waals surface area contributed by atoms with Crippen molar-refractivity contribution in [1.82, 2.24) is 5.32 Å². The molecular weight excluding hydrogens is 290 g/mol. The zero-order valence-electron chi connectivity index (χ0n) is 11.2. The maximum Gasteiger partial charge on any atom is 0.220 e. The van der Waals surface area contributed by atoms with Gasteiger partial charge in [-0.15, -0.1) is 0 Å². The van der Waals surface area contributed by atoms with Gasteiger partial charge in [-0.25, -0.2) is 0 Å². The third kappa shape index (κ3) is 5.67. The normalized spacial score (nSPS) is 12.2. The van der Waals surface area contributed by atoms with Crippen LogP contribution in [0.5, 0.6) is 0 Å². The molecule has 1 aromatic carbocycles. The van der Waals surface area contributed by atoms with E-state index in [0.717, 1.165) is 24.6 Å². The largest absolute Gasteiger partial charge is 0.353 e. The molecule has 0 aliphatic rings. The molecule has 1 atom stereocenters. The Balaban J connectivity index is 2.35.